The van der Waals surface area contributed by atoms with E-state index in [1.54, 1.807) is 0 Å². The van der Waals surface area contributed by atoms with Gasteiger partial charge in [-0.2, -0.15) is 0 Å². The van der Waals surface area contributed by atoms with Gasteiger partial charge < -0.3 is 14.2 Å². The number of hydrogen-bond acceptors (Lipinski definition) is 6. The lowest BCUT2D eigenvalue weighted by Crippen LogP contribution is -2.30. The Morgan fingerprint density at radius 3 is 0.756 bits per heavy atom. The molecule has 1 unspecified atom stereocenters. The molecule has 0 aliphatic rings. The highest BCUT2D eigenvalue weighted by Crippen LogP contribution is 2.18. The maximum Gasteiger partial charge on any atom is 0.306 e. The summed E-state index contributed by atoms with van der Waals surface area (Å²) >= 11 is 0. The quantitative estimate of drug-likeness (QED) is 0.0261. The molecule has 0 saturated carbocycles. The Kier molecular flexibility index (Phi) is 65.1. The summed E-state index contributed by atoms with van der Waals surface area (Å²) in [5, 5.41) is 0. The third-order valence-electron chi connectivity index (χ3n) is 15.9. The van der Waals surface area contributed by atoms with Gasteiger partial charge in [-0.3, -0.25) is 14.4 Å². The van der Waals surface area contributed by atoms with E-state index in [4.69, 9.17) is 14.2 Å². The molecule has 0 aromatic heterocycles. The number of carbonyl (C=O) groups excluding carboxylic acids is 3. The Morgan fingerprint density at radius 2 is 0.474 bits per heavy atom. The van der Waals surface area contributed by atoms with Gasteiger partial charge in [-0.15, -0.1) is 0 Å². The Bertz CT molecular complexity index is 1300. The second-order valence-corrected chi connectivity index (χ2v) is 23.8. The number of esters is 3. The van der Waals surface area contributed by atoms with Crippen molar-refractivity contribution < 1.29 is 28.6 Å². The molecule has 0 N–H and O–H groups in total. The number of ether oxygens (including phenoxy) is 3. The van der Waals surface area contributed by atoms with Gasteiger partial charge in [0.25, 0.3) is 0 Å². The van der Waals surface area contributed by atoms with Crippen molar-refractivity contribution in [2.24, 2.45) is 0 Å². The zero-order chi connectivity index (χ0) is 56.4. The van der Waals surface area contributed by atoms with Crippen LogP contribution in [-0.4, -0.2) is 37.2 Å². The van der Waals surface area contributed by atoms with Crippen LogP contribution in [0.25, 0.3) is 0 Å². The first-order valence-electron chi connectivity index (χ1n) is 35.0. The number of hydrogen-bond donors (Lipinski definition) is 0. The van der Waals surface area contributed by atoms with Crippen LogP contribution in [-0.2, 0) is 28.6 Å². The van der Waals surface area contributed by atoms with Crippen molar-refractivity contribution in [1.29, 1.82) is 0 Å². The van der Waals surface area contributed by atoms with Crippen LogP contribution in [0.1, 0.15) is 387 Å². The summed E-state index contributed by atoms with van der Waals surface area (Å²) in [5.41, 5.74) is 0. The predicted octanol–water partition coefficient (Wildman–Crippen LogP) is 23.9. The minimum Gasteiger partial charge on any atom is -0.462 e. The normalized spacial score (nSPS) is 12.2. The first-order chi connectivity index (χ1) is 38.5. The summed E-state index contributed by atoms with van der Waals surface area (Å²) in [4.78, 5) is 38.3. The molecule has 0 amide bonds. The number of carbonyl (C=O) groups is 3. The topological polar surface area (TPSA) is 78.9 Å². The lowest BCUT2D eigenvalue weighted by Gasteiger charge is -2.18. The van der Waals surface area contributed by atoms with Crippen LogP contribution in [0, 0.1) is 0 Å². The van der Waals surface area contributed by atoms with Gasteiger partial charge in [-0.05, 0) is 70.6 Å². The van der Waals surface area contributed by atoms with Gasteiger partial charge in [0.2, 0.25) is 0 Å². The largest absolute Gasteiger partial charge is 0.462 e. The molecule has 0 aliphatic carbocycles. The average Bonchev–Trinajstić information content (AvgIpc) is 3.44. The smallest absolute Gasteiger partial charge is 0.306 e. The molecule has 0 aromatic carbocycles. The molecule has 458 valence electrons. The van der Waals surface area contributed by atoms with Gasteiger partial charge >= 0.3 is 17.9 Å². The van der Waals surface area contributed by atoms with Crippen molar-refractivity contribution in [2.45, 2.75) is 393 Å². The molecule has 0 aromatic rings. The van der Waals surface area contributed by atoms with E-state index in [1.807, 2.05) is 0 Å². The van der Waals surface area contributed by atoms with Crippen molar-refractivity contribution >= 4 is 17.9 Å². The first-order valence-corrected chi connectivity index (χ1v) is 35.0. The van der Waals surface area contributed by atoms with E-state index in [-0.39, 0.29) is 31.1 Å². The fraction of sp³-hybridized carbons (Fsp3) is 0.875. The number of unbranched alkanes of at least 4 members (excludes halogenated alkanes) is 48. The lowest BCUT2D eigenvalue weighted by molar-refractivity contribution is -0.167. The summed E-state index contributed by atoms with van der Waals surface area (Å²) in [6.07, 6.45) is 83.2. The minimum atomic E-state index is -0.773. The summed E-state index contributed by atoms with van der Waals surface area (Å²) in [5.74, 6) is -0.854. The Morgan fingerprint density at radius 1 is 0.256 bits per heavy atom. The molecule has 78 heavy (non-hydrogen) atoms. The third kappa shape index (κ3) is 64.5. The Labute approximate surface area is 486 Å². The molecular weight excluding hydrogens is 961 g/mol. The molecule has 0 radical (unpaired) electrons. The van der Waals surface area contributed by atoms with Crippen LogP contribution in [0.2, 0.25) is 0 Å². The fourth-order valence-electron chi connectivity index (χ4n) is 10.6. The van der Waals surface area contributed by atoms with Crippen LogP contribution >= 0.6 is 0 Å². The molecule has 0 saturated heterocycles. The molecule has 0 heterocycles. The van der Waals surface area contributed by atoms with E-state index >= 15 is 0 Å². The molecule has 0 rings (SSSR count). The van der Waals surface area contributed by atoms with Crippen LogP contribution in [0.4, 0.5) is 0 Å². The van der Waals surface area contributed by atoms with E-state index in [0.717, 1.165) is 70.6 Å². The molecule has 0 fully saturated rings. The maximum atomic E-state index is 12.9. The monoisotopic (exact) mass is 1100 g/mol. The summed E-state index contributed by atoms with van der Waals surface area (Å²) in [7, 11) is 0. The van der Waals surface area contributed by atoms with Gasteiger partial charge in [0.05, 0.1) is 0 Å². The van der Waals surface area contributed by atoms with E-state index in [2.05, 4.69) is 57.2 Å². The summed E-state index contributed by atoms with van der Waals surface area (Å²) < 4.78 is 17.0. The van der Waals surface area contributed by atoms with Crippen LogP contribution < -0.4 is 0 Å². The molecular formula is C72H134O6. The summed E-state index contributed by atoms with van der Waals surface area (Å²) in [6.45, 7) is 6.65. The van der Waals surface area contributed by atoms with E-state index in [1.165, 1.54) is 276 Å². The van der Waals surface area contributed by atoms with Crippen LogP contribution in [0.3, 0.4) is 0 Å². The van der Waals surface area contributed by atoms with Gasteiger partial charge in [0, 0.05) is 19.3 Å². The SMILES string of the molecule is CCCC/C=C\CCCCCCCC(=O)OCC(COC(=O)CCCCCCCCCCCCCCC/C=C\C/C=C\CCCCCCC)OC(=O)CCCCCCCCCCCCCCCCCCCCCCCCCC. The fourth-order valence-corrected chi connectivity index (χ4v) is 10.6. The van der Waals surface area contributed by atoms with E-state index < -0.39 is 6.10 Å². The highest BCUT2D eigenvalue weighted by Gasteiger charge is 2.19. The molecule has 0 aliphatic heterocycles. The minimum absolute atomic E-state index is 0.0705. The molecule has 0 spiro atoms. The average molecular weight is 1100 g/mol. The highest BCUT2D eigenvalue weighted by molar-refractivity contribution is 5.71. The zero-order valence-electron chi connectivity index (χ0n) is 52.7. The van der Waals surface area contributed by atoms with Crippen molar-refractivity contribution in [3.8, 4) is 0 Å². The van der Waals surface area contributed by atoms with Gasteiger partial charge in [-0.25, -0.2) is 0 Å². The molecule has 1 atom stereocenters. The van der Waals surface area contributed by atoms with Crippen LogP contribution in [0.15, 0.2) is 36.5 Å². The molecule has 6 nitrogen and oxygen atoms in total. The van der Waals surface area contributed by atoms with Crippen molar-refractivity contribution in [2.75, 3.05) is 13.2 Å². The van der Waals surface area contributed by atoms with Gasteiger partial charge in [0.15, 0.2) is 6.10 Å². The van der Waals surface area contributed by atoms with E-state index in [0.29, 0.717) is 19.3 Å². The van der Waals surface area contributed by atoms with E-state index in [9.17, 15) is 14.4 Å². The number of allylic oxidation sites excluding steroid dienone is 6. The zero-order valence-corrected chi connectivity index (χ0v) is 52.7. The summed E-state index contributed by atoms with van der Waals surface area (Å²) in [6, 6.07) is 0. The first kappa shape index (κ1) is 75.6. The number of rotatable bonds is 65. The highest BCUT2D eigenvalue weighted by atomic mass is 16.6. The Balaban J connectivity index is 4.18. The predicted molar refractivity (Wildman–Crippen MR) is 339 cm³/mol. The molecule has 0 bridgehead atoms. The second-order valence-electron chi connectivity index (χ2n) is 23.8. The van der Waals surface area contributed by atoms with Crippen molar-refractivity contribution in [1.82, 2.24) is 0 Å². The van der Waals surface area contributed by atoms with Crippen molar-refractivity contribution in [3.63, 3.8) is 0 Å². The van der Waals surface area contributed by atoms with Crippen molar-refractivity contribution in [3.05, 3.63) is 36.5 Å². The van der Waals surface area contributed by atoms with Gasteiger partial charge in [0.1, 0.15) is 13.2 Å². The second kappa shape index (κ2) is 67.1. The van der Waals surface area contributed by atoms with Gasteiger partial charge in [-0.1, -0.05) is 333 Å². The lowest BCUT2D eigenvalue weighted by atomic mass is 10.0. The third-order valence-corrected chi connectivity index (χ3v) is 15.9. The Hall–Kier alpha value is -2.37. The maximum absolute atomic E-state index is 12.9. The molecule has 6 heteroatoms. The van der Waals surface area contributed by atoms with Crippen LogP contribution in [0.5, 0.6) is 0 Å². The standard InChI is InChI=1S/C72H134O6/c1-4-7-10-13-16-19-22-24-26-28-30-32-34-36-38-39-41-43-45-47-50-53-56-59-62-65-71(74)77-68-69(67-76-70(73)64-61-58-55-52-49-21-18-15-12-9-6-3)78-72(75)66-63-60-57-54-51-48-46-44-42-40-37-35-33-31-29-27-25-23-20-17-14-11-8-5-2/h15,18,22,24,28,30,69H,4-14,16-17,19-21,23,25-27,29,31-68H2,1-3H3/b18-15-,24-22-,30-28-.